The van der Waals surface area contributed by atoms with Gasteiger partial charge in [-0.25, -0.2) is 9.59 Å². The first-order chi connectivity index (χ1) is 18.8. The first-order valence-corrected chi connectivity index (χ1v) is 13.0. The summed E-state index contributed by atoms with van der Waals surface area (Å²) >= 11 is 12.2. The van der Waals surface area contributed by atoms with Crippen LogP contribution in [-0.4, -0.2) is 40.5 Å². The van der Waals surface area contributed by atoms with E-state index in [0.717, 1.165) is 0 Å². The minimum Gasteiger partial charge on any atom is -0.480 e. The third kappa shape index (κ3) is 8.97. The minimum atomic E-state index is -1.20. The summed E-state index contributed by atoms with van der Waals surface area (Å²) in [6.07, 6.45) is 2.87. The summed E-state index contributed by atoms with van der Waals surface area (Å²) in [6, 6.07) is 16.4. The Balaban J connectivity index is 1.60. The van der Waals surface area contributed by atoms with Gasteiger partial charge in [-0.15, -0.1) is 0 Å². The zero-order chi connectivity index (χ0) is 29.4. The van der Waals surface area contributed by atoms with Gasteiger partial charge in [0.1, 0.15) is 11.6 Å². The highest BCUT2D eigenvalue weighted by Gasteiger charge is 2.22. The van der Waals surface area contributed by atoms with Crippen molar-refractivity contribution in [2.45, 2.75) is 38.8 Å². The molecule has 0 fully saturated rings. The highest BCUT2D eigenvalue weighted by Crippen LogP contribution is 2.25. The maximum Gasteiger partial charge on any atom is 0.331 e. The summed E-state index contributed by atoms with van der Waals surface area (Å²) in [7, 11) is 0. The summed E-state index contributed by atoms with van der Waals surface area (Å²) in [5, 5.41) is 15.3. The van der Waals surface area contributed by atoms with Crippen LogP contribution in [0.2, 0.25) is 10.0 Å². The number of rotatable bonds is 9. The summed E-state index contributed by atoms with van der Waals surface area (Å²) < 4.78 is 5.21. The standard InChI is InChI=1S/C30H28Cl2N2O6/c1-30(2,3)40-25(35)16-11-18-7-12-20(13-8-18)27(36)34-24(29(38)39)17-19-9-14-21(15-10-19)33-28(37)26-22(31)5-4-6-23(26)32/h4-16,24H,17H2,1-3H3,(H,33,37)(H,34,36)(H,38,39)/b16-11+/t24-/m0/s1. The van der Waals surface area contributed by atoms with Gasteiger partial charge in [0.2, 0.25) is 0 Å². The van der Waals surface area contributed by atoms with Gasteiger partial charge in [-0.3, -0.25) is 9.59 Å². The Morgan fingerprint density at radius 1 is 0.900 bits per heavy atom. The van der Waals surface area contributed by atoms with Gasteiger partial charge in [-0.05, 0) is 74.4 Å². The van der Waals surface area contributed by atoms with Gasteiger partial charge in [0.05, 0.1) is 15.6 Å². The minimum absolute atomic E-state index is 0.0162. The number of benzene rings is 3. The van der Waals surface area contributed by atoms with Gasteiger partial charge in [-0.1, -0.05) is 53.5 Å². The molecule has 0 unspecified atom stereocenters. The number of halogens is 2. The van der Waals surface area contributed by atoms with Crippen molar-refractivity contribution in [1.29, 1.82) is 0 Å². The first-order valence-electron chi connectivity index (χ1n) is 12.2. The Bertz CT molecular complexity index is 1410. The van der Waals surface area contributed by atoms with Crippen molar-refractivity contribution in [2.24, 2.45) is 0 Å². The van der Waals surface area contributed by atoms with Crippen molar-refractivity contribution in [3.63, 3.8) is 0 Å². The number of nitrogens with one attached hydrogen (secondary N) is 2. The largest absolute Gasteiger partial charge is 0.480 e. The third-order valence-corrected chi connectivity index (χ3v) is 6.07. The van der Waals surface area contributed by atoms with Gasteiger partial charge in [-0.2, -0.15) is 0 Å². The number of hydrogen-bond donors (Lipinski definition) is 3. The van der Waals surface area contributed by atoms with Crippen LogP contribution in [0.1, 0.15) is 52.6 Å². The molecule has 0 spiro atoms. The van der Waals surface area contributed by atoms with Gasteiger partial charge in [0.15, 0.2) is 0 Å². The van der Waals surface area contributed by atoms with Crippen LogP contribution < -0.4 is 10.6 Å². The molecule has 0 saturated carbocycles. The van der Waals surface area contributed by atoms with Crippen LogP contribution in [0.25, 0.3) is 6.08 Å². The molecule has 2 amide bonds. The second kappa shape index (κ2) is 13.3. The van der Waals surface area contributed by atoms with Crippen molar-refractivity contribution in [3.05, 3.63) is 105 Å². The molecule has 0 aromatic heterocycles. The average Bonchev–Trinajstić information content (AvgIpc) is 2.87. The molecule has 3 rings (SSSR count). The lowest BCUT2D eigenvalue weighted by atomic mass is 10.0. The second-order valence-electron chi connectivity index (χ2n) is 9.80. The molecule has 0 heterocycles. The zero-order valence-corrected chi connectivity index (χ0v) is 23.5. The van der Waals surface area contributed by atoms with Gasteiger partial charge >= 0.3 is 11.9 Å². The van der Waals surface area contributed by atoms with E-state index >= 15 is 0 Å². The second-order valence-corrected chi connectivity index (χ2v) is 10.6. The third-order valence-electron chi connectivity index (χ3n) is 5.44. The van der Waals surface area contributed by atoms with Crippen molar-refractivity contribution in [1.82, 2.24) is 5.32 Å². The smallest absolute Gasteiger partial charge is 0.331 e. The fourth-order valence-corrected chi connectivity index (χ4v) is 4.12. The predicted octanol–water partition coefficient (Wildman–Crippen LogP) is 6.03. The molecule has 3 aromatic carbocycles. The van der Waals surface area contributed by atoms with E-state index in [1.54, 1.807) is 81.4 Å². The predicted molar refractivity (Wildman–Crippen MR) is 155 cm³/mol. The van der Waals surface area contributed by atoms with E-state index in [1.165, 1.54) is 18.2 Å². The van der Waals surface area contributed by atoms with Gasteiger partial charge in [0.25, 0.3) is 11.8 Å². The van der Waals surface area contributed by atoms with Crippen LogP contribution in [0, 0.1) is 0 Å². The Labute approximate surface area is 241 Å². The molecule has 0 aliphatic rings. The van der Waals surface area contributed by atoms with Crippen LogP contribution in [0.5, 0.6) is 0 Å². The molecule has 3 aromatic rings. The molecule has 0 radical (unpaired) electrons. The van der Waals surface area contributed by atoms with Crippen LogP contribution in [0.15, 0.2) is 72.8 Å². The number of carbonyl (C=O) groups excluding carboxylic acids is 3. The molecule has 1 atom stereocenters. The summed E-state index contributed by atoms with van der Waals surface area (Å²) in [4.78, 5) is 49.0. The Kier molecular flexibility index (Phi) is 10.1. The van der Waals surface area contributed by atoms with Gasteiger partial charge < -0.3 is 20.5 Å². The van der Waals surface area contributed by atoms with E-state index in [4.69, 9.17) is 27.9 Å². The molecule has 3 N–H and O–H groups in total. The molecule has 40 heavy (non-hydrogen) atoms. The summed E-state index contributed by atoms with van der Waals surface area (Å²) in [5.74, 6) is -2.73. The highest BCUT2D eigenvalue weighted by molar-refractivity contribution is 6.40. The molecular formula is C30H28Cl2N2O6. The quantitative estimate of drug-likeness (QED) is 0.209. The average molecular weight is 583 g/mol. The van der Waals surface area contributed by atoms with Crippen LogP contribution in [0.3, 0.4) is 0 Å². The van der Waals surface area contributed by atoms with E-state index in [-0.39, 0.29) is 27.6 Å². The lowest BCUT2D eigenvalue weighted by Gasteiger charge is -2.17. The fourth-order valence-electron chi connectivity index (χ4n) is 3.56. The van der Waals surface area contributed by atoms with Crippen LogP contribution >= 0.6 is 23.2 Å². The normalized spacial score (nSPS) is 12.0. The SMILES string of the molecule is CC(C)(C)OC(=O)/C=C/c1ccc(C(=O)N[C@@H](Cc2ccc(NC(=O)c3c(Cl)cccc3Cl)cc2)C(=O)O)cc1. The number of aliphatic carboxylic acids is 1. The number of esters is 1. The number of hydrogen-bond acceptors (Lipinski definition) is 5. The number of amides is 2. The Morgan fingerprint density at radius 3 is 2.05 bits per heavy atom. The number of carboxylic acids is 1. The number of carbonyl (C=O) groups is 4. The maximum absolute atomic E-state index is 12.7. The van der Waals surface area contributed by atoms with Crippen molar-refractivity contribution < 1.29 is 29.0 Å². The van der Waals surface area contributed by atoms with E-state index < -0.39 is 35.4 Å². The highest BCUT2D eigenvalue weighted by atomic mass is 35.5. The van der Waals surface area contributed by atoms with E-state index in [9.17, 15) is 24.3 Å². The fraction of sp³-hybridized carbons (Fsp3) is 0.200. The topological polar surface area (TPSA) is 122 Å². The van der Waals surface area contributed by atoms with E-state index in [1.807, 2.05) is 0 Å². The van der Waals surface area contributed by atoms with Crippen molar-refractivity contribution in [2.75, 3.05) is 5.32 Å². The van der Waals surface area contributed by atoms with Crippen molar-refractivity contribution in [3.8, 4) is 0 Å². The monoisotopic (exact) mass is 582 g/mol. The lowest BCUT2D eigenvalue weighted by molar-refractivity contribution is -0.148. The van der Waals surface area contributed by atoms with Gasteiger partial charge in [0, 0.05) is 23.7 Å². The lowest BCUT2D eigenvalue weighted by Crippen LogP contribution is -2.42. The Morgan fingerprint density at radius 2 is 1.50 bits per heavy atom. The molecule has 0 aliphatic heterocycles. The molecule has 0 aliphatic carbocycles. The maximum atomic E-state index is 12.7. The molecule has 208 valence electrons. The van der Waals surface area contributed by atoms with E-state index in [2.05, 4.69) is 10.6 Å². The number of anilines is 1. The number of carboxylic acid groups (broad SMARTS) is 1. The molecule has 10 heteroatoms. The van der Waals surface area contributed by atoms with Crippen molar-refractivity contribution >= 4 is 58.7 Å². The molecule has 0 bridgehead atoms. The molecular weight excluding hydrogens is 555 g/mol. The number of ether oxygens (including phenoxy) is 1. The van der Waals surface area contributed by atoms with E-state index in [0.29, 0.717) is 16.8 Å². The zero-order valence-electron chi connectivity index (χ0n) is 22.0. The van der Waals surface area contributed by atoms with Crippen LogP contribution in [0.4, 0.5) is 5.69 Å². The summed E-state index contributed by atoms with van der Waals surface area (Å²) in [5.41, 5.74) is 1.56. The van der Waals surface area contributed by atoms with Crippen LogP contribution in [-0.2, 0) is 20.7 Å². The summed E-state index contributed by atoms with van der Waals surface area (Å²) in [6.45, 7) is 5.31. The molecule has 0 saturated heterocycles. The molecule has 8 nitrogen and oxygen atoms in total. The first kappa shape index (κ1) is 30.4. The Hall–Kier alpha value is -4.14.